The molecule has 0 radical (unpaired) electrons. The van der Waals surface area contributed by atoms with Crippen molar-refractivity contribution in [3.8, 4) is 0 Å². The molecule has 1 heterocycles. The van der Waals surface area contributed by atoms with E-state index in [1.165, 1.54) is 18.2 Å². The molecule has 1 aliphatic heterocycles. The Morgan fingerprint density at radius 3 is 2.65 bits per heavy atom. The van der Waals surface area contributed by atoms with Crippen LogP contribution < -0.4 is 5.32 Å². The molecule has 1 fully saturated rings. The zero-order valence-electron chi connectivity index (χ0n) is 9.02. The SMILES string of the molecule is O=C(Nc1ccccc1F)[C@H]1CCS(=O)(=O)C1. The Labute approximate surface area is 98.8 Å². The Hall–Kier alpha value is -1.43. The molecular weight excluding hydrogens is 245 g/mol. The minimum absolute atomic E-state index is 0.0301. The average Bonchev–Trinajstić information content (AvgIpc) is 2.62. The highest BCUT2D eigenvalue weighted by molar-refractivity contribution is 7.91. The van der Waals surface area contributed by atoms with Gasteiger partial charge in [0.2, 0.25) is 5.91 Å². The minimum Gasteiger partial charge on any atom is -0.323 e. The van der Waals surface area contributed by atoms with Gasteiger partial charge in [0, 0.05) is 0 Å². The summed E-state index contributed by atoms with van der Waals surface area (Å²) < 4.78 is 35.7. The van der Waals surface area contributed by atoms with E-state index >= 15 is 0 Å². The molecule has 0 saturated carbocycles. The fourth-order valence-corrected chi connectivity index (χ4v) is 3.54. The lowest BCUT2D eigenvalue weighted by Gasteiger charge is -2.09. The second-order valence-corrected chi connectivity index (χ2v) is 6.30. The number of carbonyl (C=O) groups is 1. The van der Waals surface area contributed by atoms with Crippen molar-refractivity contribution >= 4 is 21.4 Å². The maximum absolute atomic E-state index is 13.3. The fourth-order valence-electron chi connectivity index (χ4n) is 1.80. The van der Waals surface area contributed by atoms with Crippen LogP contribution in [0.25, 0.3) is 0 Å². The van der Waals surface area contributed by atoms with Crippen LogP contribution in [0.5, 0.6) is 0 Å². The highest BCUT2D eigenvalue weighted by atomic mass is 32.2. The molecule has 0 aliphatic carbocycles. The van der Waals surface area contributed by atoms with E-state index < -0.39 is 27.5 Å². The maximum Gasteiger partial charge on any atom is 0.228 e. The summed E-state index contributed by atoms with van der Waals surface area (Å²) in [5.74, 6) is -1.65. The van der Waals surface area contributed by atoms with Gasteiger partial charge in [0.05, 0.1) is 23.1 Å². The average molecular weight is 257 g/mol. The molecule has 0 unspecified atom stereocenters. The first-order chi connectivity index (χ1) is 7.98. The molecule has 17 heavy (non-hydrogen) atoms. The van der Waals surface area contributed by atoms with Gasteiger partial charge in [-0.15, -0.1) is 0 Å². The van der Waals surface area contributed by atoms with E-state index in [-0.39, 0.29) is 17.2 Å². The zero-order chi connectivity index (χ0) is 12.5. The van der Waals surface area contributed by atoms with Crippen LogP contribution in [0.1, 0.15) is 6.42 Å². The van der Waals surface area contributed by atoms with Crippen molar-refractivity contribution in [2.45, 2.75) is 6.42 Å². The summed E-state index contributed by atoms with van der Waals surface area (Å²) in [6, 6.07) is 5.80. The molecule has 0 spiro atoms. The Morgan fingerprint density at radius 2 is 2.06 bits per heavy atom. The second-order valence-electron chi connectivity index (χ2n) is 4.07. The molecule has 1 atom stereocenters. The minimum atomic E-state index is -3.10. The number of hydrogen-bond acceptors (Lipinski definition) is 3. The van der Waals surface area contributed by atoms with Gasteiger partial charge in [-0.1, -0.05) is 12.1 Å². The van der Waals surface area contributed by atoms with Crippen molar-refractivity contribution in [2.24, 2.45) is 5.92 Å². The highest BCUT2D eigenvalue weighted by Gasteiger charge is 2.33. The van der Waals surface area contributed by atoms with Crippen molar-refractivity contribution in [3.05, 3.63) is 30.1 Å². The summed E-state index contributed by atoms with van der Waals surface area (Å²) in [6.07, 6.45) is 0.308. The van der Waals surface area contributed by atoms with E-state index in [2.05, 4.69) is 5.32 Å². The van der Waals surface area contributed by atoms with Gasteiger partial charge in [0.25, 0.3) is 0 Å². The van der Waals surface area contributed by atoms with Crippen molar-refractivity contribution < 1.29 is 17.6 Å². The van der Waals surface area contributed by atoms with E-state index in [9.17, 15) is 17.6 Å². The molecule has 1 amide bonds. The van der Waals surface area contributed by atoms with Crippen LogP contribution in [0, 0.1) is 11.7 Å². The number of benzene rings is 1. The van der Waals surface area contributed by atoms with E-state index in [0.717, 1.165) is 0 Å². The van der Waals surface area contributed by atoms with Gasteiger partial charge in [-0.25, -0.2) is 12.8 Å². The smallest absolute Gasteiger partial charge is 0.228 e. The van der Waals surface area contributed by atoms with Crippen LogP contribution in [-0.2, 0) is 14.6 Å². The molecule has 0 bridgehead atoms. The van der Waals surface area contributed by atoms with Crippen LogP contribution in [0.4, 0.5) is 10.1 Å². The van der Waals surface area contributed by atoms with Gasteiger partial charge in [-0.3, -0.25) is 4.79 Å². The van der Waals surface area contributed by atoms with Crippen LogP contribution >= 0.6 is 0 Å². The standard InChI is InChI=1S/C11H12FNO3S/c12-9-3-1-2-4-10(9)13-11(14)8-5-6-17(15,16)7-8/h1-4,8H,5-7H2,(H,13,14)/t8-/m0/s1. The first-order valence-corrected chi connectivity index (χ1v) is 7.06. The number of anilines is 1. The normalized spacial score (nSPS) is 22.3. The number of amides is 1. The van der Waals surface area contributed by atoms with Crippen molar-refractivity contribution in [1.82, 2.24) is 0 Å². The summed E-state index contributed by atoms with van der Waals surface area (Å²) in [4.78, 5) is 11.7. The molecule has 92 valence electrons. The monoisotopic (exact) mass is 257 g/mol. The number of hydrogen-bond donors (Lipinski definition) is 1. The lowest BCUT2D eigenvalue weighted by molar-refractivity contribution is -0.119. The third-order valence-electron chi connectivity index (χ3n) is 2.73. The number of nitrogens with one attached hydrogen (secondary N) is 1. The molecule has 0 aromatic heterocycles. The summed E-state index contributed by atoms with van der Waals surface area (Å²) in [7, 11) is -3.10. The van der Waals surface area contributed by atoms with Crippen molar-refractivity contribution in [3.63, 3.8) is 0 Å². The third kappa shape index (κ3) is 2.82. The topological polar surface area (TPSA) is 63.2 Å². The van der Waals surface area contributed by atoms with Gasteiger partial charge in [-0.05, 0) is 18.6 Å². The molecule has 1 saturated heterocycles. The summed E-state index contributed by atoms with van der Waals surface area (Å²) in [5, 5.41) is 2.41. The predicted octanol–water partition coefficient (Wildman–Crippen LogP) is 1.20. The van der Waals surface area contributed by atoms with Crippen LogP contribution in [0.3, 0.4) is 0 Å². The van der Waals surface area contributed by atoms with Crippen LogP contribution in [0.2, 0.25) is 0 Å². The van der Waals surface area contributed by atoms with Gasteiger partial charge in [-0.2, -0.15) is 0 Å². The zero-order valence-corrected chi connectivity index (χ0v) is 9.84. The summed E-state index contributed by atoms with van der Waals surface area (Å²) in [6.45, 7) is 0. The molecule has 1 aromatic carbocycles. The van der Waals surface area contributed by atoms with Gasteiger partial charge in [0.15, 0.2) is 9.84 Å². The highest BCUT2D eigenvalue weighted by Crippen LogP contribution is 2.21. The third-order valence-corrected chi connectivity index (χ3v) is 4.50. The first-order valence-electron chi connectivity index (χ1n) is 5.24. The Kier molecular flexibility index (Phi) is 3.15. The molecule has 4 nitrogen and oxygen atoms in total. The fraction of sp³-hybridized carbons (Fsp3) is 0.364. The summed E-state index contributed by atoms with van der Waals surface area (Å²) >= 11 is 0. The van der Waals surface area contributed by atoms with Gasteiger partial charge < -0.3 is 5.32 Å². The van der Waals surface area contributed by atoms with Crippen LogP contribution in [0.15, 0.2) is 24.3 Å². The van der Waals surface area contributed by atoms with Crippen molar-refractivity contribution in [1.29, 1.82) is 0 Å². The molecular formula is C11H12FNO3S. The summed E-state index contributed by atoms with van der Waals surface area (Å²) in [5.41, 5.74) is 0.0850. The number of rotatable bonds is 2. The number of para-hydroxylation sites is 1. The van der Waals surface area contributed by atoms with E-state index in [1.807, 2.05) is 0 Å². The van der Waals surface area contributed by atoms with E-state index in [4.69, 9.17) is 0 Å². The quantitative estimate of drug-likeness (QED) is 0.865. The number of carbonyl (C=O) groups excluding carboxylic acids is 1. The largest absolute Gasteiger partial charge is 0.323 e. The second kappa shape index (κ2) is 4.44. The lowest BCUT2D eigenvalue weighted by atomic mass is 10.1. The molecule has 6 heteroatoms. The molecule has 1 aromatic rings. The van der Waals surface area contributed by atoms with Crippen LogP contribution in [-0.4, -0.2) is 25.8 Å². The lowest BCUT2D eigenvalue weighted by Crippen LogP contribution is -2.24. The Balaban J connectivity index is 2.06. The predicted molar refractivity (Wildman–Crippen MR) is 61.8 cm³/mol. The molecule has 1 N–H and O–H groups in total. The molecule has 2 rings (SSSR count). The Morgan fingerprint density at radius 1 is 1.35 bits per heavy atom. The number of halogens is 1. The van der Waals surface area contributed by atoms with E-state index in [0.29, 0.717) is 6.42 Å². The van der Waals surface area contributed by atoms with E-state index in [1.54, 1.807) is 6.07 Å². The maximum atomic E-state index is 13.3. The Bertz CT molecular complexity index is 541. The first kappa shape index (κ1) is 12.0. The molecule has 1 aliphatic rings. The van der Waals surface area contributed by atoms with Crippen molar-refractivity contribution in [2.75, 3.05) is 16.8 Å². The van der Waals surface area contributed by atoms with Gasteiger partial charge in [0.1, 0.15) is 5.82 Å². The van der Waals surface area contributed by atoms with Gasteiger partial charge >= 0.3 is 0 Å². The number of sulfone groups is 1.